The quantitative estimate of drug-likeness (QED) is 0.685. The van der Waals surface area contributed by atoms with Gasteiger partial charge in [-0.15, -0.1) is 0 Å². The fourth-order valence-electron chi connectivity index (χ4n) is 1.37. The van der Waals surface area contributed by atoms with Gasteiger partial charge < -0.3 is 5.73 Å². The first-order chi connectivity index (χ1) is 8.08. The van der Waals surface area contributed by atoms with E-state index in [4.69, 9.17) is 5.73 Å². The number of rotatable bonds is 3. The third-order valence-electron chi connectivity index (χ3n) is 2.15. The minimum atomic E-state index is -0.558. The van der Waals surface area contributed by atoms with Gasteiger partial charge >= 0.3 is 5.69 Å². The molecule has 0 aliphatic heterocycles. The lowest BCUT2D eigenvalue weighted by Crippen LogP contribution is -2.06. The zero-order chi connectivity index (χ0) is 12.4. The van der Waals surface area contributed by atoms with Gasteiger partial charge in [-0.2, -0.15) is 5.10 Å². The summed E-state index contributed by atoms with van der Waals surface area (Å²) in [7, 11) is 0. The molecule has 8 heteroatoms. The van der Waals surface area contributed by atoms with Gasteiger partial charge in [-0.25, -0.2) is 4.68 Å². The normalized spacial score (nSPS) is 10.4. The molecule has 0 saturated heterocycles. The van der Waals surface area contributed by atoms with Crippen molar-refractivity contribution in [3.8, 4) is 0 Å². The average Bonchev–Trinajstić information content (AvgIpc) is 2.61. The van der Waals surface area contributed by atoms with E-state index in [1.54, 1.807) is 12.4 Å². The molecule has 7 nitrogen and oxygen atoms in total. The number of anilines is 1. The fourth-order valence-corrected chi connectivity index (χ4v) is 1.78. The maximum absolute atomic E-state index is 10.6. The molecule has 0 saturated carbocycles. The lowest BCUT2D eigenvalue weighted by Gasteiger charge is -2.03. The Bertz CT molecular complexity index is 568. The van der Waals surface area contributed by atoms with Crippen molar-refractivity contribution in [1.82, 2.24) is 14.8 Å². The summed E-state index contributed by atoms with van der Waals surface area (Å²) in [6, 6.07) is 1.85. The van der Waals surface area contributed by atoms with E-state index in [9.17, 15) is 10.1 Å². The van der Waals surface area contributed by atoms with Crippen molar-refractivity contribution >= 4 is 27.4 Å². The van der Waals surface area contributed by atoms with Crippen molar-refractivity contribution < 1.29 is 4.92 Å². The Balaban J connectivity index is 2.28. The summed E-state index contributed by atoms with van der Waals surface area (Å²) in [6.45, 7) is 0.339. The Labute approximate surface area is 105 Å². The van der Waals surface area contributed by atoms with Crippen molar-refractivity contribution in [3.05, 3.63) is 44.8 Å². The number of halogens is 1. The highest BCUT2D eigenvalue weighted by molar-refractivity contribution is 9.10. The van der Waals surface area contributed by atoms with Crippen LogP contribution < -0.4 is 5.73 Å². The van der Waals surface area contributed by atoms with Crippen molar-refractivity contribution in [2.75, 3.05) is 5.73 Å². The van der Waals surface area contributed by atoms with Crippen LogP contribution in [0.4, 0.5) is 11.5 Å². The van der Waals surface area contributed by atoms with Crippen molar-refractivity contribution in [3.63, 3.8) is 0 Å². The summed E-state index contributed by atoms with van der Waals surface area (Å²) >= 11 is 3.29. The Morgan fingerprint density at radius 3 is 2.82 bits per heavy atom. The van der Waals surface area contributed by atoms with Gasteiger partial charge in [0.25, 0.3) is 0 Å². The summed E-state index contributed by atoms with van der Waals surface area (Å²) in [6.07, 6.45) is 4.44. The molecule has 2 rings (SSSR count). The molecule has 0 aliphatic rings. The van der Waals surface area contributed by atoms with Crippen LogP contribution in [-0.2, 0) is 6.54 Å². The summed E-state index contributed by atoms with van der Waals surface area (Å²) < 4.78 is 2.19. The van der Waals surface area contributed by atoms with Crippen LogP contribution in [0.3, 0.4) is 0 Å². The first kappa shape index (κ1) is 11.5. The number of aromatic nitrogens is 3. The van der Waals surface area contributed by atoms with E-state index in [-0.39, 0.29) is 11.5 Å². The Morgan fingerprint density at radius 2 is 2.24 bits per heavy atom. The summed E-state index contributed by atoms with van der Waals surface area (Å²) in [5.74, 6) is 0.0370. The molecule has 0 aliphatic carbocycles. The fraction of sp³-hybridized carbons (Fsp3) is 0.111. The molecule has 0 amide bonds. The molecule has 17 heavy (non-hydrogen) atoms. The van der Waals surface area contributed by atoms with Crippen LogP contribution in [0.25, 0.3) is 0 Å². The van der Waals surface area contributed by atoms with E-state index in [0.29, 0.717) is 6.54 Å². The minimum Gasteiger partial charge on any atom is -0.378 e. The summed E-state index contributed by atoms with van der Waals surface area (Å²) in [5, 5.41) is 14.5. The number of nitrogens with two attached hydrogens (primary N) is 1. The second-order valence-electron chi connectivity index (χ2n) is 3.34. The van der Waals surface area contributed by atoms with E-state index in [0.717, 1.165) is 16.2 Å². The predicted molar refractivity (Wildman–Crippen MR) is 64.3 cm³/mol. The zero-order valence-electron chi connectivity index (χ0n) is 8.58. The molecule has 0 spiro atoms. The molecular formula is C9H8BrN5O2. The second-order valence-corrected chi connectivity index (χ2v) is 4.26. The topological polar surface area (TPSA) is 99.9 Å². The van der Waals surface area contributed by atoms with Gasteiger partial charge in [-0.1, -0.05) is 0 Å². The maximum atomic E-state index is 10.6. The first-order valence-electron chi connectivity index (χ1n) is 4.63. The first-order valence-corrected chi connectivity index (χ1v) is 5.42. The van der Waals surface area contributed by atoms with Gasteiger partial charge in [0.1, 0.15) is 6.20 Å². The highest BCUT2D eigenvalue weighted by atomic mass is 79.9. The molecule has 2 aromatic rings. The third kappa shape index (κ3) is 2.41. The number of hydrogen-bond donors (Lipinski definition) is 1. The highest BCUT2D eigenvalue weighted by Crippen LogP contribution is 2.21. The van der Waals surface area contributed by atoms with Gasteiger partial charge in [0, 0.05) is 16.9 Å². The number of pyridine rings is 1. The standard InChI is InChI=1S/C9H8BrN5O2/c10-7-1-6(2-12-3-7)5-14-9(11)8(4-13-14)15(16)17/h1-4H,5,11H2. The molecule has 2 heterocycles. The predicted octanol–water partition coefficient (Wildman–Crippen LogP) is 1.58. The monoisotopic (exact) mass is 297 g/mol. The van der Waals surface area contributed by atoms with Crippen LogP contribution in [0.15, 0.2) is 29.1 Å². The highest BCUT2D eigenvalue weighted by Gasteiger charge is 2.17. The van der Waals surface area contributed by atoms with Crippen LogP contribution >= 0.6 is 15.9 Å². The van der Waals surface area contributed by atoms with Crippen LogP contribution in [0.2, 0.25) is 0 Å². The SMILES string of the molecule is Nc1c([N+](=O)[O-])cnn1Cc1cncc(Br)c1. The molecule has 0 aromatic carbocycles. The molecule has 2 N–H and O–H groups in total. The van der Waals surface area contributed by atoms with E-state index in [1.807, 2.05) is 6.07 Å². The lowest BCUT2D eigenvalue weighted by atomic mass is 10.3. The van der Waals surface area contributed by atoms with Crippen molar-refractivity contribution in [1.29, 1.82) is 0 Å². The number of hydrogen-bond acceptors (Lipinski definition) is 5. The molecule has 88 valence electrons. The van der Waals surface area contributed by atoms with Crippen LogP contribution in [-0.4, -0.2) is 19.7 Å². The van der Waals surface area contributed by atoms with E-state index < -0.39 is 4.92 Å². The van der Waals surface area contributed by atoms with E-state index >= 15 is 0 Å². The van der Waals surface area contributed by atoms with Gasteiger partial charge in [-0.3, -0.25) is 15.1 Å². The molecule has 0 unspecified atom stereocenters. The third-order valence-corrected chi connectivity index (χ3v) is 2.58. The number of nitrogens with zero attached hydrogens (tertiary/aromatic N) is 4. The summed E-state index contributed by atoms with van der Waals surface area (Å²) in [4.78, 5) is 14.0. The zero-order valence-corrected chi connectivity index (χ0v) is 10.2. The number of nitrogen functional groups attached to an aromatic ring is 1. The lowest BCUT2D eigenvalue weighted by molar-refractivity contribution is -0.384. The van der Waals surface area contributed by atoms with Crippen molar-refractivity contribution in [2.24, 2.45) is 0 Å². The van der Waals surface area contributed by atoms with Crippen LogP contribution in [0.1, 0.15) is 5.56 Å². The number of nitro groups is 1. The van der Waals surface area contributed by atoms with E-state index in [2.05, 4.69) is 26.0 Å². The van der Waals surface area contributed by atoms with Gasteiger partial charge in [-0.05, 0) is 27.6 Å². The maximum Gasteiger partial charge on any atom is 0.330 e. The van der Waals surface area contributed by atoms with Crippen LogP contribution in [0.5, 0.6) is 0 Å². The van der Waals surface area contributed by atoms with E-state index in [1.165, 1.54) is 4.68 Å². The van der Waals surface area contributed by atoms with Crippen LogP contribution in [0, 0.1) is 10.1 Å². The molecule has 0 atom stereocenters. The van der Waals surface area contributed by atoms with Gasteiger partial charge in [0.2, 0.25) is 5.82 Å². The van der Waals surface area contributed by atoms with Gasteiger partial charge in [0.05, 0.1) is 11.5 Å². The Hall–Kier alpha value is -1.96. The summed E-state index contributed by atoms with van der Waals surface area (Å²) in [5.41, 5.74) is 6.28. The molecule has 2 aromatic heterocycles. The molecule has 0 radical (unpaired) electrons. The minimum absolute atomic E-state index is 0.0370. The molecular weight excluding hydrogens is 290 g/mol. The molecule has 0 fully saturated rings. The second kappa shape index (κ2) is 4.50. The van der Waals surface area contributed by atoms with Gasteiger partial charge in [0.15, 0.2) is 0 Å². The smallest absolute Gasteiger partial charge is 0.330 e. The largest absolute Gasteiger partial charge is 0.378 e. The average molecular weight is 298 g/mol. The van der Waals surface area contributed by atoms with Crippen molar-refractivity contribution in [2.45, 2.75) is 6.54 Å². The Morgan fingerprint density at radius 1 is 1.47 bits per heavy atom. The molecule has 0 bridgehead atoms. The Kier molecular flexibility index (Phi) is 3.05.